The number of unbranched alkanes of at least 4 members (excludes halogenated alkanes) is 21. The van der Waals surface area contributed by atoms with Crippen LogP contribution in [0.25, 0.3) is 0 Å². The van der Waals surface area contributed by atoms with Gasteiger partial charge in [0.25, 0.3) is 7.82 Å². The lowest BCUT2D eigenvalue weighted by Crippen LogP contribution is -2.51. The Labute approximate surface area is 437 Å². The summed E-state index contributed by atoms with van der Waals surface area (Å²) >= 11 is 0. The summed E-state index contributed by atoms with van der Waals surface area (Å²) in [5.74, 6) is -0.287. The highest BCUT2D eigenvalue weighted by molar-refractivity contribution is 7.45. The number of carbonyl (C=O) groups is 1. The smallest absolute Gasteiger partial charge is 0.268 e. The molecule has 0 saturated carbocycles. The third-order valence-electron chi connectivity index (χ3n) is 12.4. The second-order valence-corrected chi connectivity index (χ2v) is 21.8. The van der Waals surface area contributed by atoms with E-state index in [9.17, 15) is 24.5 Å². The number of nitrogens with one attached hydrogen (secondary N) is 1. The Kier molecular flexibility index (Phi) is 49.0. The first-order valence-corrected chi connectivity index (χ1v) is 30.1. The number of carbonyl (C=O) groups excluding carboxylic acids is 1. The second kappa shape index (κ2) is 50.9. The number of phosphoric acid groups is 1. The van der Waals surface area contributed by atoms with Crippen molar-refractivity contribution in [3.63, 3.8) is 0 Å². The zero-order valence-electron chi connectivity index (χ0n) is 46.3. The van der Waals surface area contributed by atoms with Crippen molar-refractivity contribution in [2.75, 3.05) is 40.9 Å². The van der Waals surface area contributed by atoms with E-state index in [1.165, 1.54) is 96.3 Å². The highest BCUT2D eigenvalue weighted by Gasteiger charge is 2.29. The molecule has 4 atom stereocenters. The molecular formula is C61H109N2O7P. The van der Waals surface area contributed by atoms with E-state index < -0.39 is 32.7 Å². The second-order valence-electron chi connectivity index (χ2n) is 20.4. The van der Waals surface area contributed by atoms with Gasteiger partial charge in [-0.25, -0.2) is 0 Å². The molecule has 0 aliphatic rings. The van der Waals surface area contributed by atoms with Gasteiger partial charge in [0.05, 0.1) is 39.9 Å². The van der Waals surface area contributed by atoms with E-state index in [-0.39, 0.29) is 18.9 Å². The van der Waals surface area contributed by atoms with Crippen molar-refractivity contribution in [3.8, 4) is 0 Å². The molecule has 0 saturated heterocycles. The maximum atomic E-state index is 13.0. The number of likely N-dealkylation sites (N-methyl/N-ethyl adjacent to an activating group) is 1. The Morgan fingerprint density at radius 2 is 0.887 bits per heavy atom. The molecule has 0 fully saturated rings. The highest BCUT2D eigenvalue weighted by Crippen LogP contribution is 2.38. The van der Waals surface area contributed by atoms with Crippen LogP contribution in [0.5, 0.6) is 0 Å². The average Bonchev–Trinajstić information content (AvgIpc) is 3.33. The first-order chi connectivity index (χ1) is 34.4. The molecular weight excluding hydrogens is 904 g/mol. The monoisotopic (exact) mass is 1010 g/mol. The number of nitrogens with zero attached hydrogens (tertiary/aromatic N) is 1. The highest BCUT2D eigenvalue weighted by atomic mass is 31.2. The number of allylic oxidation sites excluding steroid dienone is 16. The molecule has 0 radical (unpaired) electrons. The van der Waals surface area contributed by atoms with Crippen LogP contribution in [0.15, 0.2) is 97.2 Å². The summed E-state index contributed by atoms with van der Waals surface area (Å²) < 4.78 is 23.2. The minimum absolute atomic E-state index is 0.0456. The summed E-state index contributed by atoms with van der Waals surface area (Å²) in [6.07, 6.45) is 68.9. The lowest BCUT2D eigenvalue weighted by Gasteiger charge is -2.31. The van der Waals surface area contributed by atoms with Gasteiger partial charge >= 0.3 is 0 Å². The van der Waals surface area contributed by atoms with Gasteiger partial charge in [-0.3, -0.25) is 9.36 Å². The first kappa shape index (κ1) is 68.4. The van der Waals surface area contributed by atoms with E-state index in [2.05, 4.69) is 116 Å². The number of hydrogen-bond donors (Lipinski definition) is 3. The summed E-state index contributed by atoms with van der Waals surface area (Å²) in [5.41, 5.74) is 0. The Morgan fingerprint density at radius 1 is 0.521 bits per heavy atom. The van der Waals surface area contributed by atoms with Gasteiger partial charge in [0.15, 0.2) is 0 Å². The third-order valence-corrected chi connectivity index (χ3v) is 13.4. The molecule has 9 nitrogen and oxygen atoms in total. The van der Waals surface area contributed by atoms with Crippen LogP contribution in [0.3, 0.4) is 0 Å². The number of aliphatic hydroxyl groups excluding tert-OH is 2. The topological polar surface area (TPSA) is 128 Å². The Balaban J connectivity index is 4.18. The van der Waals surface area contributed by atoms with Crippen molar-refractivity contribution in [3.05, 3.63) is 97.2 Å². The van der Waals surface area contributed by atoms with Gasteiger partial charge in [-0.2, -0.15) is 0 Å². The normalized spacial score (nSPS) is 15.1. The molecule has 71 heavy (non-hydrogen) atoms. The fourth-order valence-corrected chi connectivity index (χ4v) is 8.64. The zero-order valence-corrected chi connectivity index (χ0v) is 47.2. The van der Waals surface area contributed by atoms with Crippen molar-refractivity contribution in [2.45, 2.75) is 244 Å². The van der Waals surface area contributed by atoms with Crippen LogP contribution in [0.4, 0.5) is 0 Å². The fourth-order valence-electron chi connectivity index (χ4n) is 7.92. The number of aliphatic hydroxyl groups is 2. The lowest BCUT2D eigenvalue weighted by atomic mass is 9.99. The van der Waals surface area contributed by atoms with E-state index in [1.54, 1.807) is 0 Å². The molecule has 3 N–H and O–H groups in total. The van der Waals surface area contributed by atoms with Crippen LogP contribution in [-0.2, 0) is 18.4 Å². The van der Waals surface area contributed by atoms with Crippen molar-refractivity contribution >= 4 is 13.7 Å². The summed E-state index contributed by atoms with van der Waals surface area (Å²) in [6.45, 7) is 4.31. The molecule has 0 rings (SSSR count). The zero-order chi connectivity index (χ0) is 52.2. The number of hydrogen-bond acceptors (Lipinski definition) is 7. The summed E-state index contributed by atoms with van der Waals surface area (Å²) in [4.78, 5) is 25.5. The van der Waals surface area contributed by atoms with E-state index in [0.29, 0.717) is 23.9 Å². The van der Waals surface area contributed by atoms with Crippen LogP contribution in [0.2, 0.25) is 0 Å². The van der Waals surface area contributed by atoms with Crippen molar-refractivity contribution in [1.29, 1.82) is 0 Å². The quantitative estimate of drug-likeness (QED) is 0.0240. The maximum absolute atomic E-state index is 13.0. The molecule has 1 amide bonds. The maximum Gasteiger partial charge on any atom is 0.268 e. The minimum atomic E-state index is -4.68. The third kappa shape index (κ3) is 52.1. The largest absolute Gasteiger partial charge is 0.756 e. The van der Waals surface area contributed by atoms with Gasteiger partial charge in [-0.15, -0.1) is 0 Å². The van der Waals surface area contributed by atoms with Crippen molar-refractivity contribution < 1.29 is 38.0 Å². The molecule has 0 aromatic rings. The molecule has 10 heteroatoms. The van der Waals surface area contributed by atoms with E-state index >= 15 is 0 Å². The molecule has 410 valence electrons. The molecule has 4 unspecified atom stereocenters. The first-order valence-electron chi connectivity index (χ1n) is 28.7. The molecule has 0 aliphatic heterocycles. The Hall–Kier alpha value is -2.62. The van der Waals surface area contributed by atoms with Crippen molar-refractivity contribution in [1.82, 2.24) is 5.32 Å². The van der Waals surface area contributed by atoms with Crippen molar-refractivity contribution in [2.24, 2.45) is 0 Å². The van der Waals surface area contributed by atoms with Gasteiger partial charge in [0.2, 0.25) is 5.91 Å². The van der Waals surface area contributed by atoms with Gasteiger partial charge in [-0.05, 0) is 77.0 Å². The van der Waals surface area contributed by atoms with Crippen LogP contribution < -0.4 is 10.2 Å². The standard InChI is InChI=1S/C61H109N2O7P/c1-6-8-10-12-14-16-18-20-21-22-23-24-25-26-27-28-29-30-31-32-33-34-35-36-37-38-39-40-41-42-44-46-48-50-52-54-60(65)62-58(57-70-71(67,68)69-56-55-63(3,4)5)61(66)59(64)53-51-49-47-45-43-19-17-15-13-11-9-7-2/h8,10,14,16,20-21,23-24,26-27,29-30,32-33,35-36,58-59,61,64,66H,6-7,9,11-13,15,17-19,22,25,28,31,34,37-57H2,1-5H3,(H-,62,65,67,68)/b10-8-,16-14-,21-20-,24-23-,27-26-,30-29-,33-32-,36-35-. The predicted molar refractivity (Wildman–Crippen MR) is 303 cm³/mol. The van der Waals surface area contributed by atoms with Gasteiger partial charge < -0.3 is 34.0 Å². The summed E-state index contributed by atoms with van der Waals surface area (Å²) in [7, 11) is 1.11. The van der Waals surface area contributed by atoms with Gasteiger partial charge in [-0.1, -0.05) is 239 Å². The van der Waals surface area contributed by atoms with Crippen LogP contribution in [0.1, 0.15) is 226 Å². The predicted octanol–water partition coefficient (Wildman–Crippen LogP) is 15.8. The van der Waals surface area contributed by atoms with Crippen LogP contribution in [0, 0.1) is 0 Å². The SMILES string of the molecule is CC/C=C\C/C=C\C/C=C\C/C=C\C/C=C\C/C=C\C/C=C\C/C=C\CCCCCCCCCCCCC(=O)NC(COP(=O)([O-])OCC[N+](C)(C)C)C(O)C(O)CCCCCCCCCCCCCC. The number of amides is 1. The number of rotatable bonds is 51. The van der Waals surface area contributed by atoms with E-state index in [0.717, 1.165) is 96.3 Å². The van der Waals surface area contributed by atoms with Gasteiger partial charge in [0.1, 0.15) is 19.3 Å². The van der Waals surface area contributed by atoms with E-state index in [1.807, 2.05) is 21.1 Å². The van der Waals surface area contributed by atoms with Gasteiger partial charge in [0, 0.05) is 6.42 Å². The molecule has 0 aromatic heterocycles. The van der Waals surface area contributed by atoms with Crippen LogP contribution >= 0.6 is 7.82 Å². The molecule has 0 aliphatic carbocycles. The molecule has 0 aromatic carbocycles. The average molecular weight is 1010 g/mol. The van der Waals surface area contributed by atoms with E-state index in [4.69, 9.17) is 9.05 Å². The number of quaternary nitrogens is 1. The summed E-state index contributed by atoms with van der Waals surface area (Å²) in [6, 6.07) is -1.08. The molecule has 0 heterocycles. The van der Waals surface area contributed by atoms with Crippen LogP contribution in [-0.4, -0.2) is 79.8 Å². The Morgan fingerprint density at radius 3 is 1.30 bits per heavy atom. The fraction of sp³-hybridized carbons (Fsp3) is 0.721. The molecule has 0 spiro atoms. The lowest BCUT2D eigenvalue weighted by molar-refractivity contribution is -0.870. The summed E-state index contributed by atoms with van der Waals surface area (Å²) in [5, 5.41) is 24.7. The molecule has 0 bridgehead atoms. The minimum Gasteiger partial charge on any atom is -0.756 e. The Bertz CT molecular complexity index is 1490. The number of phosphoric ester groups is 1.